The molecule has 82 valence electrons. The number of hydrogen-bond acceptors (Lipinski definition) is 4. The summed E-state index contributed by atoms with van der Waals surface area (Å²) in [5, 5.41) is 2.98. The molecule has 0 unspecified atom stereocenters. The fourth-order valence-electron chi connectivity index (χ4n) is 0.791. The van der Waals surface area contributed by atoms with Gasteiger partial charge in [-0.3, -0.25) is 0 Å². The molecule has 0 aromatic rings. The summed E-state index contributed by atoms with van der Waals surface area (Å²) in [5.74, 6) is 0.499. The average molecular weight is 201 g/mol. The first-order valence-corrected chi connectivity index (χ1v) is 4.49. The molecule has 0 aliphatic rings. The molecule has 0 rings (SSSR count). The quantitative estimate of drug-likeness (QED) is 0.198. The van der Waals surface area contributed by atoms with Crippen LogP contribution < -0.4 is 22.5 Å². The number of guanidine groups is 1. The smallest absolute Gasteiger partial charge is 0.228 e. The van der Waals surface area contributed by atoms with Crippen LogP contribution in [-0.2, 0) is 4.74 Å². The minimum Gasteiger partial charge on any atom is -0.480 e. The average Bonchev–Trinajstić information content (AvgIpc) is 2.15. The molecule has 0 aromatic carbocycles. The van der Waals surface area contributed by atoms with E-state index < -0.39 is 0 Å². The lowest BCUT2D eigenvalue weighted by atomic mass is 10.3. The SMILES string of the molecule is CCCCN/C(N=C(N)N)=C(/N)OC. The Morgan fingerprint density at radius 1 is 1.36 bits per heavy atom. The lowest BCUT2D eigenvalue weighted by molar-refractivity contribution is 0.278. The molecule has 0 heterocycles. The van der Waals surface area contributed by atoms with Crippen molar-refractivity contribution in [3.05, 3.63) is 11.7 Å². The minimum atomic E-state index is -0.0519. The molecule has 0 fully saturated rings. The van der Waals surface area contributed by atoms with Gasteiger partial charge in [0.2, 0.25) is 5.88 Å². The van der Waals surface area contributed by atoms with Crippen LogP contribution in [0.25, 0.3) is 0 Å². The highest BCUT2D eigenvalue weighted by atomic mass is 16.5. The van der Waals surface area contributed by atoms with E-state index in [9.17, 15) is 0 Å². The topological polar surface area (TPSA) is 112 Å². The van der Waals surface area contributed by atoms with Crippen molar-refractivity contribution >= 4 is 5.96 Å². The van der Waals surface area contributed by atoms with Gasteiger partial charge in [-0.05, 0) is 6.42 Å². The molecule has 0 aromatic heterocycles. The van der Waals surface area contributed by atoms with E-state index in [1.165, 1.54) is 7.11 Å². The van der Waals surface area contributed by atoms with Crippen molar-refractivity contribution < 1.29 is 4.74 Å². The first kappa shape index (κ1) is 12.4. The van der Waals surface area contributed by atoms with Crippen LogP contribution in [0.5, 0.6) is 0 Å². The zero-order valence-electron chi connectivity index (χ0n) is 8.71. The molecule has 6 heteroatoms. The van der Waals surface area contributed by atoms with Crippen LogP contribution in [0.15, 0.2) is 16.7 Å². The fourth-order valence-corrected chi connectivity index (χ4v) is 0.791. The Kier molecular flexibility index (Phi) is 6.09. The summed E-state index contributed by atoms with van der Waals surface area (Å²) in [6, 6.07) is 0. The van der Waals surface area contributed by atoms with Crippen LogP contribution in [0.3, 0.4) is 0 Å². The Balaban J connectivity index is 4.35. The number of methoxy groups -OCH3 is 1. The molecule has 0 saturated heterocycles. The standard InChI is InChI=1S/C8H19N5O/c1-3-4-5-12-7(6(9)14-2)13-8(10)11/h12H,3-5,9H2,1-2H3,(H4,10,11,13)/b7-6+. The van der Waals surface area contributed by atoms with Crippen LogP contribution in [0.1, 0.15) is 19.8 Å². The number of aliphatic imine (C=N–C) groups is 1. The van der Waals surface area contributed by atoms with E-state index in [0.29, 0.717) is 5.82 Å². The second kappa shape index (κ2) is 6.88. The number of unbranched alkanes of at least 4 members (excludes halogenated alkanes) is 1. The lowest BCUT2D eigenvalue weighted by Gasteiger charge is -2.08. The van der Waals surface area contributed by atoms with Crippen molar-refractivity contribution in [2.45, 2.75) is 19.8 Å². The lowest BCUT2D eigenvalue weighted by Crippen LogP contribution is -2.27. The van der Waals surface area contributed by atoms with Crippen LogP contribution in [0, 0.1) is 0 Å². The van der Waals surface area contributed by atoms with Crippen molar-refractivity contribution in [3.63, 3.8) is 0 Å². The number of ether oxygens (including phenoxy) is 1. The summed E-state index contributed by atoms with van der Waals surface area (Å²) in [6.45, 7) is 2.85. The molecule has 0 bridgehead atoms. The first-order valence-electron chi connectivity index (χ1n) is 4.49. The van der Waals surface area contributed by atoms with Crippen LogP contribution >= 0.6 is 0 Å². The third kappa shape index (κ3) is 5.13. The van der Waals surface area contributed by atoms with Crippen molar-refractivity contribution in [2.75, 3.05) is 13.7 Å². The van der Waals surface area contributed by atoms with Crippen LogP contribution in [0.2, 0.25) is 0 Å². The summed E-state index contributed by atoms with van der Waals surface area (Å²) >= 11 is 0. The Morgan fingerprint density at radius 2 is 2.00 bits per heavy atom. The molecule has 0 atom stereocenters. The summed E-state index contributed by atoms with van der Waals surface area (Å²) < 4.78 is 4.82. The largest absolute Gasteiger partial charge is 0.480 e. The van der Waals surface area contributed by atoms with Crippen molar-refractivity contribution in [1.29, 1.82) is 0 Å². The Labute approximate surface area is 84.2 Å². The van der Waals surface area contributed by atoms with E-state index in [4.69, 9.17) is 21.9 Å². The van der Waals surface area contributed by atoms with Gasteiger partial charge < -0.3 is 27.3 Å². The van der Waals surface area contributed by atoms with E-state index in [2.05, 4.69) is 17.2 Å². The zero-order chi connectivity index (χ0) is 11.0. The van der Waals surface area contributed by atoms with Gasteiger partial charge in [0.05, 0.1) is 7.11 Å². The van der Waals surface area contributed by atoms with Gasteiger partial charge >= 0.3 is 0 Å². The zero-order valence-corrected chi connectivity index (χ0v) is 8.71. The number of rotatable bonds is 6. The number of nitrogens with two attached hydrogens (primary N) is 3. The molecule has 0 aliphatic heterocycles. The minimum absolute atomic E-state index is 0.0519. The Bertz CT molecular complexity index is 220. The van der Waals surface area contributed by atoms with Gasteiger partial charge in [-0.2, -0.15) is 4.99 Å². The highest BCUT2D eigenvalue weighted by Crippen LogP contribution is 1.98. The third-order valence-electron chi connectivity index (χ3n) is 1.52. The van der Waals surface area contributed by atoms with Crippen molar-refractivity contribution in [2.24, 2.45) is 22.2 Å². The monoisotopic (exact) mass is 201 g/mol. The molecule has 0 radical (unpaired) electrons. The van der Waals surface area contributed by atoms with Gasteiger partial charge in [0.15, 0.2) is 11.8 Å². The van der Waals surface area contributed by atoms with E-state index >= 15 is 0 Å². The molecule has 0 saturated carbocycles. The maximum Gasteiger partial charge on any atom is 0.228 e. The van der Waals surface area contributed by atoms with E-state index in [0.717, 1.165) is 19.4 Å². The Morgan fingerprint density at radius 3 is 2.43 bits per heavy atom. The van der Waals surface area contributed by atoms with E-state index in [1.54, 1.807) is 0 Å². The molecular weight excluding hydrogens is 182 g/mol. The molecule has 0 spiro atoms. The van der Waals surface area contributed by atoms with Crippen LogP contribution in [-0.4, -0.2) is 19.6 Å². The van der Waals surface area contributed by atoms with Crippen molar-refractivity contribution in [3.8, 4) is 0 Å². The van der Waals surface area contributed by atoms with Crippen molar-refractivity contribution in [1.82, 2.24) is 5.32 Å². The highest BCUT2D eigenvalue weighted by Gasteiger charge is 2.01. The predicted molar refractivity (Wildman–Crippen MR) is 56.9 cm³/mol. The van der Waals surface area contributed by atoms with E-state index in [1.807, 2.05) is 0 Å². The summed E-state index contributed by atoms with van der Waals surface area (Å²) in [6.07, 6.45) is 2.09. The van der Waals surface area contributed by atoms with Crippen LogP contribution in [0.4, 0.5) is 0 Å². The summed E-state index contributed by atoms with van der Waals surface area (Å²) in [5.41, 5.74) is 16.0. The second-order valence-electron chi connectivity index (χ2n) is 2.73. The van der Waals surface area contributed by atoms with Gasteiger partial charge in [-0.1, -0.05) is 13.3 Å². The molecule has 0 amide bonds. The maximum absolute atomic E-state index is 5.52. The summed E-state index contributed by atoms with van der Waals surface area (Å²) in [4.78, 5) is 3.81. The summed E-state index contributed by atoms with van der Waals surface area (Å²) in [7, 11) is 1.46. The van der Waals surface area contributed by atoms with Gasteiger partial charge in [0, 0.05) is 6.54 Å². The maximum atomic E-state index is 5.52. The second-order valence-corrected chi connectivity index (χ2v) is 2.73. The molecule has 6 nitrogen and oxygen atoms in total. The first-order chi connectivity index (χ1) is 6.61. The normalized spacial score (nSPS) is 11.6. The molecule has 0 aliphatic carbocycles. The number of hydrogen-bond donors (Lipinski definition) is 4. The highest BCUT2D eigenvalue weighted by molar-refractivity contribution is 5.76. The van der Waals surface area contributed by atoms with Gasteiger partial charge in [-0.15, -0.1) is 0 Å². The Hall–Kier alpha value is -1.59. The molecule has 7 N–H and O–H groups in total. The molecule has 14 heavy (non-hydrogen) atoms. The third-order valence-corrected chi connectivity index (χ3v) is 1.52. The predicted octanol–water partition coefficient (Wildman–Crippen LogP) is -0.619. The number of nitrogens with zero attached hydrogens (tertiary/aromatic N) is 1. The van der Waals surface area contributed by atoms with Gasteiger partial charge in [0.1, 0.15) is 0 Å². The van der Waals surface area contributed by atoms with E-state index in [-0.39, 0.29) is 11.8 Å². The number of nitrogens with one attached hydrogen (secondary N) is 1. The van der Waals surface area contributed by atoms with Gasteiger partial charge in [0.25, 0.3) is 0 Å². The fraction of sp³-hybridized carbons (Fsp3) is 0.625. The van der Waals surface area contributed by atoms with Gasteiger partial charge in [-0.25, -0.2) is 0 Å². The molecular formula is C8H19N5O.